The van der Waals surface area contributed by atoms with Gasteiger partial charge in [0.15, 0.2) is 10.8 Å². The zero-order valence-corrected chi connectivity index (χ0v) is 15.3. The van der Waals surface area contributed by atoms with Crippen molar-refractivity contribution in [1.82, 2.24) is 24.8 Å². The maximum Gasteiger partial charge on any atom is 0.235 e. The number of aromatic nitrogens is 5. The van der Waals surface area contributed by atoms with Crippen molar-refractivity contribution in [2.24, 2.45) is 0 Å². The van der Waals surface area contributed by atoms with E-state index in [4.69, 9.17) is 0 Å². The molecular weight excluding hydrogens is 364 g/mol. The average Bonchev–Trinajstić information content (AvgIpc) is 3.22. The summed E-state index contributed by atoms with van der Waals surface area (Å²) in [6.45, 7) is 6.10. The van der Waals surface area contributed by atoms with Crippen molar-refractivity contribution in [2.45, 2.75) is 26.7 Å². The van der Waals surface area contributed by atoms with Gasteiger partial charge in [0.05, 0.1) is 21.1 Å². The molecule has 1 aromatic carbocycles. The minimum atomic E-state index is -0.568. The lowest BCUT2D eigenvalue weighted by Gasteiger charge is -2.02. The maximum atomic E-state index is 14.1. The quantitative estimate of drug-likeness (QED) is 0.520. The van der Waals surface area contributed by atoms with Gasteiger partial charge in [0, 0.05) is 0 Å². The van der Waals surface area contributed by atoms with E-state index in [9.17, 15) is 8.78 Å². The Balaban J connectivity index is 1.88. The highest BCUT2D eigenvalue weighted by molar-refractivity contribution is 7.24. The molecule has 4 aromatic rings. The smallest absolute Gasteiger partial charge is 0.235 e. The van der Waals surface area contributed by atoms with Crippen molar-refractivity contribution in [3.05, 3.63) is 40.5 Å². The summed E-state index contributed by atoms with van der Waals surface area (Å²) in [5.74, 6) is -0.665. The predicted molar refractivity (Wildman–Crippen MR) is 93.9 cm³/mol. The molecule has 0 saturated carbocycles. The van der Waals surface area contributed by atoms with Crippen molar-refractivity contribution >= 4 is 27.6 Å². The van der Waals surface area contributed by atoms with Gasteiger partial charge in [-0.15, -0.1) is 21.5 Å². The van der Waals surface area contributed by atoms with Crippen molar-refractivity contribution in [3.63, 3.8) is 0 Å². The fourth-order valence-corrected chi connectivity index (χ4v) is 4.52. The lowest BCUT2D eigenvalue weighted by Crippen LogP contribution is -1.95. The van der Waals surface area contributed by atoms with E-state index in [0.29, 0.717) is 4.96 Å². The van der Waals surface area contributed by atoms with E-state index in [-0.39, 0.29) is 17.3 Å². The summed E-state index contributed by atoms with van der Waals surface area (Å²) in [6.07, 6.45) is 0. The summed E-state index contributed by atoms with van der Waals surface area (Å²) in [6, 6.07) is 3.24. The van der Waals surface area contributed by atoms with Gasteiger partial charge in [-0.2, -0.15) is 9.61 Å². The fraction of sp³-hybridized carbons (Fsp3) is 0.250. The van der Waals surface area contributed by atoms with Crippen LogP contribution < -0.4 is 0 Å². The van der Waals surface area contributed by atoms with Gasteiger partial charge in [-0.1, -0.05) is 25.2 Å². The first-order chi connectivity index (χ1) is 11.9. The molecule has 0 aliphatic carbocycles. The Bertz CT molecular complexity index is 1080. The van der Waals surface area contributed by atoms with Crippen molar-refractivity contribution in [2.75, 3.05) is 0 Å². The highest BCUT2D eigenvalue weighted by atomic mass is 32.1. The highest BCUT2D eigenvalue weighted by Crippen LogP contribution is 2.37. The van der Waals surface area contributed by atoms with E-state index in [1.807, 2.05) is 6.92 Å². The number of halogens is 2. The Kier molecular flexibility index (Phi) is 3.84. The maximum absolute atomic E-state index is 14.1. The Hall–Kier alpha value is -2.26. The van der Waals surface area contributed by atoms with Crippen LogP contribution in [0.15, 0.2) is 18.2 Å². The summed E-state index contributed by atoms with van der Waals surface area (Å²) < 4.78 is 29.0. The van der Waals surface area contributed by atoms with Crippen LogP contribution in [0.4, 0.5) is 8.78 Å². The van der Waals surface area contributed by atoms with E-state index in [1.165, 1.54) is 15.9 Å². The molecule has 0 unspecified atom stereocenters. The topological polar surface area (TPSA) is 56.0 Å². The van der Waals surface area contributed by atoms with Gasteiger partial charge in [0.25, 0.3) is 0 Å². The first-order valence-corrected chi connectivity index (χ1v) is 9.22. The summed E-state index contributed by atoms with van der Waals surface area (Å²) in [4.78, 5) is 6.08. The molecule has 0 amide bonds. The van der Waals surface area contributed by atoms with Crippen LogP contribution >= 0.6 is 22.7 Å². The number of aryl methyl sites for hydroxylation is 1. The van der Waals surface area contributed by atoms with Gasteiger partial charge in [-0.05, 0) is 31.0 Å². The third kappa shape index (κ3) is 2.73. The molecular formula is C16H13F2N5S2. The van der Waals surface area contributed by atoms with E-state index < -0.39 is 11.6 Å². The molecule has 0 spiro atoms. The molecule has 0 bridgehead atoms. The second kappa shape index (κ2) is 5.92. The normalized spacial score (nSPS) is 11.8. The molecule has 0 atom stereocenters. The van der Waals surface area contributed by atoms with E-state index in [2.05, 4.69) is 34.1 Å². The summed E-state index contributed by atoms with van der Waals surface area (Å²) >= 11 is 2.92. The third-order valence-corrected chi connectivity index (χ3v) is 5.70. The molecule has 25 heavy (non-hydrogen) atoms. The molecule has 3 aromatic heterocycles. The molecule has 0 aliphatic rings. The molecule has 4 rings (SSSR count). The number of fused-ring (bicyclic) bond motifs is 1. The molecule has 0 N–H and O–H groups in total. The van der Waals surface area contributed by atoms with Crippen molar-refractivity contribution in [1.29, 1.82) is 0 Å². The van der Waals surface area contributed by atoms with Crippen LogP contribution in [0.2, 0.25) is 0 Å². The SMILES string of the molecule is Cc1nc(C(C)C)c(-c2nn3c(-c4cc(F)ccc4F)nnc3s2)s1. The van der Waals surface area contributed by atoms with Crippen LogP contribution in [-0.2, 0) is 0 Å². The van der Waals surface area contributed by atoms with Crippen LogP contribution in [0.25, 0.3) is 26.2 Å². The number of thiazole rings is 1. The zero-order chi connectivity index (χ0) is 17.7. The molecule has 3 heterocycles. The highest BCUT2D eigenvalue weighted by Gasteiger charge is 2.21. The number of rotatable bonds is 3. The van der Waals surface area contributed by atoms with E-state index in [1.54, 1.807) is 11.3 Å². The number of nitrogens with zero attached hydrogens (tertiary/aromatic N) is 5. The van der Waals surface area contributed by atoms with Gasteiger partial charge in [0.2, 0.25) is 4.96 Å². The Morgan fingerprint density at radius 2 is 1.92 bits per heavy atom. The standard InChI is InChI=1S/C16H13F2N5S2/c1-7(2)12-13(24-8(3)19-12)15-22-23-14(20-21-16(23)25-15)10-6-9(17)4-5-11(10)18/h4-7H,1-3H3. The van der Waals surface area contributed by atoms with Crippen molar-refractivity contribution < 1.29 is 8.78 Å². The lowest BCUT2D eigenvalue weighted by atomic mass is 10.1. The molecule has 0 aliphatic heterocycles. The van der Waals surface area contributed by atoms with Crippen LogP contribution in [0, 0.1) is 18.6 Å². The third-order valence-electron chi connectivity index (χ3n) is 3.66. The first kappa shape index (κ1) is 16.2. The predicted octanol–water partition coefficient (Wildman–Crippen LogP) is 4.69. The average molecular weight is 377 g/mol. The minimum absolute atomic E-state index is 0.0360. The largest absolute Gasteiger partial charge is 0.246 e. The summed E-state index contributed by atoms with van der Waals surface area (Å²) in [5, 5.41) is 14.3. The van der Waals surface area contributed by atoms with Gasteiger partial charge in [-0.3, -0.25) is 0 Å². The van der Waals surface area contributed by atoms with E-state index in [0.717, 1.165) is 38.8 Å². The molecule has 0 saturated heterocycles. The molecule has 0 radical (unpaired) electrons. The van der Waals surface area contributed by atoms with Gasteiger partial charge >= 0.3 is 0 Å². The van der Waals surface area contributed by atoms with Crippen LogP contribution in [0.3, 0.4) is 0 Å². The van der Waals surface area contributed by atoms with Crippen molar-refractivity contribution in [3.8, 4) is 21.3 Å². The molecule has 128 valence electrons. The van der Waals surface area contributed by atoms with E-state index >= 15 is 0 Å². The van der Waals surface area contributed by atoms with Gasteiger partial charge in [-0.25, -0.2) is 13.8 Å². The number of hydrogen-bond acceptors (Lipinski definition) is 6. The van der Waals surface area contributed by atoms with Crippen LogP contribution in [-0.4, -0.2) is 24.8 Å². The molecule has 5 nitrogen and oxygen atoms in total. The monoisotopic (exact) mass is 377 g/mol. The zero-order valence-electron chi connectivity index (χ0n) is 13.6. The van der Waals surface area contributed by atoms with Gasteiger partial charge < -0.3 is 0 Å². The molecule has 0 fully saturated rings. The second-order valence-corrected chi connectivity index (χ2v) is 8.01. The second-order valence-electron chi connectivity index (χ2n) is 5.85. The van der Waals surface area contributed by atoms with Crippen LogP contribution in [0.1, 0.15) is 30.5 Å². The first-order valence-electron chi connectivity index (χ1n) is 7.59. The number of hydrogen-bond donors (Lipinski definition) is 0. The number of benzene rings is 1. The Labute approximate surface area is 150 Å². The Morgan fingerprint density at radius 3 is 2.68 bits per heavy atom. The lowest BCUT2D eigenvalue weighted by molar-refractivity contribution is 0.601. The Morgan fingerprint density at radius 1 is 1.12 bits per heavy atom. The minimum Gasteiger partial charge on any atom is -0.246 e. The molecule has 9 heteroatoms. The van der Waals surface area contributed by atoms with Gasteiger partial charge in [0.1, 0.15) is 11.6 Å². The summed E-state index contributed by atoms with van der Waals surface area (Å²) in [5.41, 5.74) is 1.01. The fourth-order valence-electron chi connectivity index (χ4n) is 2.53. The summed E-state index contributed by atoms with van der Waals surface area (Å²) in [7, 11) is 0. The van der Waals surface area contributed by atoms with Crippen LogP contribution in [0.5, 0.6) is 0 Å².